The molecule has 11 heterocycles. The van der Waals surface area contributed by atoms with Gasteiger partial charge in [0.2, 0.25) is 11.9 Å². The summed E-state index contributed by atoms with van der Waals surface area (Å²) < 4.78 is 26.6. The lowest BCUT2D eigenvalue weighted by molar-refractivity contribution is 0.663. The lowest BCUT2D eigenvalue weighted by Gasteiger charge is -2.11. The van der Waals surface area contributed by atoms with Crippen LogP contribution >= 0.6 is 0 Å². The van der Waals surface area contributed by atoms with E-state index in [1.54, 1.807) is 18.5 Å². The van der Waals surface area contributed by atoms with Gasteiger partial charge < -0.3 is 17.8 Å². The van der Waals surface area contributed by atoms with E-state index in [1.165, 1.54) is 16.3 Å². The number of benzene rings is 18. The molecule has 0 N–H and O–H groups in total. The first kappa shape index (κ1) is 81.7. The number of aromatic nitrogens is 16. The molecule has 29 rings (SSSR count). The Bertz CT molecular complexity index is 9820. The summed E-state index contributed by atoms with van der Waals surface area (Å²) >= 11 is 0. The van der Waals surface area contributed by atoms with Crippen LogP contribution in [0, 0.1) is 0 Å². The summed E-state index contributed by atoms with van der Waals surface area (Å²) in [5.41, 5.74) is 22.1. The summed E-state index contributed by atoms with van der Waals surface area (Å²) in [5.74, 6) is 6.21. The number of rotatable bonds is 13. The molecule has 0 aliphatic heterocycles. The molecule has 0 bridgehead atoms. The molecule has 0 radical (unpaired) electrons. The molecule has 0 unspecified atom stereocenters. The van der Waals surface area contributed by atoms with Crippen molar-refractivity contribution in [1.82, 2.24) is 78.5 Å². The third-order valence-corrected chi connectivity index (χ3v) is 26.3. The second-order valence-electron chi connectivity index (χ2n) is 34.7. The minimum absolute atomic E-state index is 0.426. The van der Waals surface area contributed by atoms with Crippen molar-refractivity contribution in [2.75, 3.05) is 0 Å². The van der Waals surface area contributed by atoms with Crippen LogP contribution in [-0.4, -0.2) is 78.5 Å². The Hall–Kier alpha value is -19.8. The monoisotopic (exact) mass is 1820 g/mol. The van der Waals surface area contributed by atoms with Gasteiger partial charge in [-0.05, 0) is 142 Å². The van der Waals surface area contributed by atoms with Gasteiger partial charge in [-0.2, -0.15) is 9.97 Å². The van der Waals surface area contributed by atoms with Crippen molar-refractivity contribution >= 4 is 142 Å². The number of nitrogens with zero attached hydrogens (tertiary/aromatic N) is 16. The number of hydrogen-bond acceptors (Lipinski definition) is 16. The summed E-state index contributed by atoms with van der Waals surface area (Å²) in [6, 6.07) is 148. The first-order valence-electron chi connectivity index (χ1n) is 46.8. The van der Waals surface area contributed by atoms with Crippen LogP contribution < -0.4 is 0 Å². The molecule has 0 fully saturated rings. The highest BCUT2D eigenvalue weighted by molar-refractivity contribution is 6.32. The maximum absolute atomic E-state index is 6.82. The van der Waals surface area contributed by atoms with Crippen LogP contribution in [0.15, 0.2) is 462 Å². The fourth-order valence-electron chi connectivity index (χ4n) is 19.9. The Labute approximate surface area is 809 Å². The summed E-state index contributed by atoms with van der Waals surface area (Å²) in [4.78, 5) is 63.6. The normalized spacial score (nSPS) is 11.7. The zero-order valence-corrected chi connectivity index (χ0v) is 75.6. The molecular formula is C123H74N16O3. The Morgan fingerprint density at radius 1 is 0.169 bits per heavy atom. The van der Waals surface area contributed by atoms with Crippen molar-refractivity contribution in [2.24, 2.45) is 0 Å². The molecule has 0 saturated carbocycles. The summed E-state index contributed by atoms with van der Waals surface area (Å²) in [6.07, 6.45) is 3.44. The Morgan fingerprint density at radius 2 is 0.507 bits per heavy atom. The van der Waals surface area contributed by atoms with Crippen LogP contribution in [0.2, 0.25) is 0 Å². The van der Waals surface area contributed by atoms with Crippen molar-refractivity contribution in [1.29, 1.82) is 0 Å². The highest BCUT2D eigenvalue weighted by Gasteiger charge is 2.28. The summed E-state index contributed by atoms with van der Waals surface area (Å²) in [5, 5.41) is 15.4. The minimum Gasteiger partial charge on any atom is -0.456 e. The van der Waals surface area contributed by atoms with E-state index in [1.807, 2.05) is 243 Å². The molecule has 664 valence electrons. The smallest absolute Gasteiger partial charge is 0.238 e. The van der Waals surface area contributed by atoms with Crippen LogP contribution in [0.3, 0.4) is 0 Å². The Kier molecular flexibility index (Phi) is 19.7. The average molecular weight is 1820 g/mol. The van der Waals surface area contributed by atoms with E-state index in [0.29, 0.717) is 75.7 Å². The second kappa shape index (κ2) is 34.2. The van der Waals surface area contributed by atoms with Crippen molar-refractivity contribution in [2.45, 2.75) is 0 Å². The highest BCUT2D eigenvalue weighted by atomic mass is 16.3. The molecule has 0 atom stereocenters. The van der Waals surface area contributed by atoms with Crippen molar-refractivity contribution < 1.29 is 13.3 Å². The molecule has 0 saturated heterocycles. The van der Waals surface area contributed by atoms with Crippen LogP contribution in [0.25, 0.3) is 273 Å². The van der Waals surface area contributed by atoms with Crippen LogP contribution in [0.1, 0.15) is 0 Å². The van der Waals surface area contributed by atoms with E-state index in [-0.39, 0.29) is 0 Å². The third kappa shape index (κ3) is 14.3. The molecule has 11 aromatic heterocycles. The summed E-state index contributed by atoms with van der Waals surface area (Å²) in [6.45, 7) is 0. The highest BCUT2D eigenvalue weighted by Crippen LogP contribution is 2.48. The van der Waals surface area contributed by atoms with Gasteiger partial charge in [-0.25, -0.2) is 54.8 Å². The predicted octanol–water partition coefficient (Wildman–Crippen LogP) is 30.0. The van der Waals surface area contributed by atoms with Gasteiger partial charge in [0.1, 0.15) is 44.9 Å². The van der Waals surface area contributed by atoms with Gasteiger partial charge >= 0.3 is 0 Å². The van der Waals surface area contributed by atoms with Crippen molar-refractivity contribution in [3.8, 4) is 131 Å². The van der Waals surface area contributed by atoms with E-state index in [0.717, 1.165) is 181 Å². The first-order chi connectivity index (χ1) is 70.4. The SMILES string of the molecule is c1ccc(-c2ccc3oc4cccc5c4c4c(cccc4n5-c4nc(-c5ccccc5)nc(-c5ccccc5)n4)c3c2)cc1.c1ccc(-c2nc(-c3ccccc3)nc(-c3ccc(-n4c5cccc6c7ccccc7oc7c8ccccc8cc4c7c65)cc3)n2)cc1.c1ccc(-c2nc(-c3ccccc3)nc(-c3ccnc(-c4ccnc(-n5c6cccc7oc8ccccc8c8cccc5c8c76)n4)n3)n2)cc1. The van der Waals surface area contributed by atoms with Gasteiger partial charge in [-0.3, -0.25) is 9.13 Å². The fraction of sp³-hybridized carbons (Fsp3) is 0. The largest absolute Gasteiger partial charge is 0.456 e. The maximum Gasteiger partial charge on any atom is 0.238 e. The van der Waals surface area contributed by atoms with Gasteiger partial charge in [0.25, 0.3) is 0 Å². The molecule has 19 nitrogen and oxygen atoms in total. The molecule has 0 spiro atoms. The zero-order chi connectivity index (χ0) is 93.7. The summed E-state index contributed by atoms with van der Waals surface area (Å²) in [7, 11) is 0. The number of fused-ring (bicyclic) bond motifs is 8. The minimum atomic E-state index is 0.426. The third-order valence-electron chi connectivity index (χ3n) is 26.3. The van der Waals surface area contributed by atoms with Gasteiger partial charge in [-0.15, -0.1) is 0 Å². The van der Waals surface area contributed by atoms with E-state index in [4.69, 9.17) is 73.1 Å². The molecule has 0 amide bonds. The van der Waals surface area contributed by atoms with Crippen LogP contribution in [0.5, 0.6) is 0 Å². The lowest BCUT2D eigenvalue weighted by Crippen LogP contribution is -2.06. The van der Waals surface area contributed by atoms with Crippen LogP contribution in [0.4, 0.5) is 0 Å². The molecule has 18 aromatic carbocycles. The van der Waals surface area contributed by atoms with E-state index in [9.17, 15) is 0 Å². The van der Waals surface area contributed by atoms with Gasteiger partial charge in [-0.1, -0.05) is 328 Å². The molecular weight excluding hydrogens is 1750 g/mol. The Morgan fingerprint density at radius 3 is 0.993 bits per heavy atom. The van der Waals surface area contributed by atoms with Gasteiger partial charge in [0, 0.05) is 94.7 Å². The maximum atomic E-state index is 6.82. The van der Waals surface area contributed by atoms with Crippen molar-refractivity contribution in [3.63, 3.8) is 0 Å². The standard InChI is InChI=1S/C43H26N4O.C41H24N8O.C39H24N4O/c1-3-12-27(13-4-1)41-44-42(28-14-5-2-6-15-28)46-43(45-41)29-22-24-31(25-23-29)47-35-20-11-19-34-33-18-9-10-21-37(33)48-40-32-17-8-7-16-30(32)26-36(47)39(40)38(34)35;1-3-11-25(12-4-1)37-46-38(26-13-5-2-6-14-26)48-40(47-37)30-21-23-42-39(44-30)29-22-24-43-41(45-29)49-31-17-9-16-28-27-15-7-8-19-33(27)50-34-20-10-18-32(49)36(34)35(28)31;1-4-12-25(13-5-1)28-22-23-33-30(24-28)29-18-10-19-31-35(29)36-32(20-11-21-34(36)44-33)43(31)39-41-37(26-14-6-2-7-15-26)40-38(42-39)27-16-8-3-9-17-27/h1-26H;1-24H;1-24H. The lowest BCUT2D eigenvalue weighted by atomic mass is 10.0. The van der Waals surface area contributed by atoms with Gasteiger partial charge in [0.05, 0.1) is 49.3 Å². The van der Waals surface area contributed by atoms with E-state index >= 15 is 0 Å². The molecule has 0 aliphatic rings. The van der Waals surface area contributed by atoms with Crippen molar-refractivity contribution in [3.05, 3.63) is 449 Å². The zero-order valence-electron chi connectivity index (χ0n) is 75.6. The quantitative estimate of drug-likeness (QED) is 0.105. The first-order valence-corrected chi connectivity index (χ1v) is 46.8. The molecule has 0 aliphatic carbocycles. The Balaban J connectivity index is 0.000000107. The predicted molar refractivity (Wildman–Crippen MR) is 567 cm³/mol. The van der Waals surface area contributed by atoms with Crippen LogP contribution in [-0.2, 0) is 0 Å². The van der Waals surface area contributed by atoms with E-state index in [2.05, 4.69) is 207 Å². The number of para-hydroxylation sites is 2. The molecule has 142 heavy (non-hydrogen) atoms. The fourth-order valence-corrected chi connectivity index (χ4v) is 19.9. The molecule has 29 aromatic rings. The second-order valence-corrected chi connectivity index (χ2v) is 34.7. The van der Waals surface area contributed by atoms with Gasteiger partial charge in [0.15, 0.2) is 52.4 Å². The topological polar surface area (TPSA) is 222 Å². The molecule has 19 heteroatoms. The number of hydrogen-bond donors (Lipinski definition) is 0. The average Bonchev–Trinajstić information content (AvgIpc) is 1.56. The van der Waals surface area contributed by atoms with E-state index < -0.39 is 0 Å².